The lowest BCUT2D eigenvalue weighted by Gasteiger charge is -2.43. The number of rotatable bonds is 5. The largest absolute Gasteiger partial charge is 0.462 e. The molecule has 23 heavy (non-hydrogen) atoms. The zero-order valence-corrected chi connectivity index (χ0v) is 14.1. The van der Waals surface area contributed by atoms with E-state index in [1.54, 1.807) is 6.20 Å². The molecule has 1 aromatic heterocycles. The molecule has 0 bridgehead atoms. The lowest BCUT2D eigenvalue weighted by Crippen LogP contribution is -2.46. The van der Waals surface area contributed by atoms with Crippen molar-refractivity contribution in [3.8, 4) is 0 Å². The lowest BCUT2D eigenvalue weighted by atomic mass is 9.78. The molecule has 1 aliphatic rings. The molecule has 1 saturated carbocycles. The highest BCUT2D eigenvalue weighted by molar-refractivity contribution is 6.03. The molecule has 1 aliphatic carbocycles. The number of nitrogens with one attached hydrogen (secondary N) is 1. The van der Waals surface area contributed by atoms with Gasteiger partial charge in [-0.1, -0.05) is 37.5 Å². The number of fused-ring (bicyclic) bond motifs is 1. The molecular weight excluding hydrogens is 288 g/mol. The van der Waals surface area contributed by atoms with Gasteiger partial charge in [-0.05, 0) is 39.4 Å². The number of hydrogen-bond acceptors (Lipinski definition) is 3. The Hall–Kier alpha value is -1.81. The highest BCUT2D eigenvalue weighted by Gasteiger charge is 2.34. The molecule has 0 unspecified atom stereocenters. The van der Waals surface area contributed by atoms with Crippen molar-refractivity contribution in [3.05, 3.63) is 36.0 Å². The van der Waals surface area contributed by atoms with E-state index in [1.165, 1.54) is 32.1 Å². The van der Waals surface area contributed by atoms with Crippen LogP contribution in [0.2, 0.25) is 0 Å². The van der Waals surface area contributed by atoms with E-state index in [4.69, 9.17) is 4.74 Å². The number of para-hydroxylation sites is 1. The number of carbonyl (C=O) groups is 1. The van der Waals surface area contributed by atoms with Gasteiger partial charge in [-0.2, -0.15) is 0 Å². The van der Waals surface area contributed by atoms with E-state index in [9.17, 15) is 4.79 Å². The van der Waals surface area contributed by atoms with Crippen molar-refractivity contribution in [3.63, 3.8) is 0 Å². The van der Waals surface area contributed by atoms with E-state index in [1.807, 2.05) is 24.3 Å². The second-order valence-electron chi connectivity index (χ2n) is 6.81. The maximum atomic E-state index is 12.4. The van der Waals surface area contributed by atoms with Gasteiger partial charge in [-0.15, -0.1) is 0 Å². The fourth-order valence-electron chi connectivity index (χ4n) is 3.78. The monoisotopic (exact) mass is 314 g/mol. The number of aromatic nitrogens is 1. The van der Waals surface area contributed by atoms with Crippen molar-refractivity contribution >= 4 is 16.9 Å². The molecule has 2 aromatic rings. The Labute approximate surface area is 137 Å². The van der Waals surface area contributed by atoms with Crippen LogP contribution in [0.5, 0.6) is 0 Å². The summed E-state index contributed by atoms with van der Waals surface area (Å²) in [5, 5.41) is 0.928. The Balaban J connectivity index is 1.62. The molecule has 4 heteroatoms. The molecule has 0 saturated heterocycles. The Morgan fingerprint density at radius 3 is 2.70 bits per heavy atom. The molecule has 124 valence electrons. The van der Waals surface area contributed by atoms with Crippen LogP contribution in [0.15, 0.2) is 30.5 Å². The predicted molar refractivity (Wildman–Crippen MR) is 92.7 cm³/mol. The summed E-state index contributed by atoms with van der Waals surface area (Å²) in [5.41, 5.74) is 1.79. The average molecular weight is 314 g/mol. The van der Waals surface area contributed by atoms with Crippen LogP contribution in [0.3, 0.4) is 0 Å². The van der Waals surface area contributed by atoms with Crippen molar-refractivity contribution in [1.29, 1.82) is 0 Å². The van der Waals surface area contributed by atoms with E-state index in [0.29, 0.717) is 12.2 Å². The minimum absolute atomic E-state index is 0.193. The average Bonchev–Trinajstić information content (AvgIpc) is 2.99. The van der Waals surface area contributed by atoms with Crippen LogP contribution >= 0.6 is 0 Å². The van der Waals surface area contributed by atoms with Gasteiger partial charge in [0, 0.05) is 22.6 Å². The van der Waals surface area contributed by atoms with Gasteiger partial charge in [0.25, 0.3) is 0 Å². The Kier molecular flexibility index (Phi) is 4.71. The van der Waals surface area contributed by atoms with E-state index in [-0.39, 0.29) is 11.5 Å². The first-order valence-corrected chi connectivity index (χ1v) is 8.53. The Morgan fingerprint density at radius 2 is 1.96 bits per heavy atom. The van der Waals surface area contributed by atoms with Gasteiger partial charge in [0.05, 0.1) is 12.2 Å². The third kappa shape index (κ3) is 3.27. The Morgan fingerprint density at radius 1 is 1.22 bits per heavy atom. The van der Waals surface area contributed by atoms with Crippen LogP contribution < -0.4 is 0 Å². The maximum Gasteiger partial charge on any atom is 0.340 e. The van der Waals surface area contributed by atoms with Gasteiger partial charge >= 0.3 is 5.97 Å². The van der Waals surface area contributed by atoms with Crippen LogP contribution in [0.1, 0.15) is 48.9 Å². The molecular formula is C19H26N2O2. The van der Waals surface area contributed by atoms with E-state index >= 15 is 0 Å². The summed E-state index contributed by atoms with van der Waals surface area (Å²) < 4.78 is 5.59. The van der Waals surface area contributed by atoms with Gasteiger partial charge in [0.1, 0.15) is 0 Å². The zero-order valence-electron chi connectivity index (χ0n) is 14.1. The Bertz CT molecular complexity index is 669. The smallest absolute Gasteiger partial charge is 0.340 e. The van der Waals surface area contributed by atoms with Gasteiger partial charge in [-0.25, -0.2) is 4.79 Å². The summed E-state index contributed by atoms with van der Waals surface area (Å²) >= 11 is 0. The number of benzene rings is 1. The topological polar surface area (TPSA) is 45.3 Å². The molecule has 0 atom stereocenters. The molecule has 1 aromatic carbocycles. The van der Waals surface area contributed by atoms with E-state index < -0.39 is 0 Å². The van der Waals surface area contributed by atoms with Gasteiger partial charge in [-0.3, -0.25) is 0 Å². The van der Waals surface area contributed by atoms with Crippen molar-refractivity contribution in [2.24, 2.45) is 0 Å². The van der Waals surface area contributed by atoms with E-state index in [0.717, 1.165) is 17.3 Å². The third-order valence-corrected chi connectivity index (χ3v) is 5.34. The third-order valence-electron chi connectivity index (χ3n) is 5.34. The van der Waals surface area contributed by atoms with Crippen molar-refractivity contribution < 1.29 is 9.53 Å². The van der Waals surface area contributed by atoms with Crippen molar-refractivity contribution in [1.82, 2.24) is 9.88 Å². The fraction of sp³-hybridized carbons (Fsp3) is 0.526. The maximum absolute atomic E-state index is 12.4. The van der Waals surface area contributed by atoms with Crippen LogP contribution in [-0.4, -0.2) is 42.1 Å². The van der Waals surface area contributed by atoms with Crippen LogP contribution in [0.25, 0.3) is 10.9 Å². The highest BCUT2D eigenvalue weighted by atomic mass is 16.5. The SMILES string of the molecule is CN(C)C1(CCOC(=O)c2c[nH]c3ccccc23)CCCCC1. The molecule has 0 aliphatic heterocycles. The highest BCUT2D eigenvalue weighted by Crippen LogP contribution is 2.35. The quantitative estimate of drug-likeness (QED) is 0.849. The molecule has 4 nitrogen and oxygen atoms in total. The van der Waals surface area contributed by atoms with Crippen LogP contribution in [-0.2, 0) is 4.74 Å². The number of esters is 1. The second kappa shape index (κ2) is 6.75. The summed E-state index contributed by atoms with van der Waals surface area (Å²) in [6.07, 6.45) is 8.92. The second-order valence-corrected chi connectivity index (χ2v) is 6.81. The molecule has 0 spiro atoms. The first kappa shape index (κ1) is 16.1. The number of H-pyrrole nitrogens is 1. The molecule has 1 heterocycles. The van der Waals surface area contributed by atoms with Gasteiger partial charge < -0.3 is 14.6 Å². The minimum atomic E-state index is -0.229. The summed E-state index contributed by atoms with van der Waals surface area (Å²) in [7, 11) is 4.29. The predicted octanol–water partition coefficient (Wildman–Crippen LogP) is 3.98. The number of nitrogens with zero attached hydrogens (tertiary/aromatic N) is 1. The van der Waals surface area contributed by atoms with Crippen LogP contribution in [0, 0.1) is 0 Å². The van der Waals surface area contributed by atoms with E-state index in [2.05, 4.69) is 24.0 Å². The number of aromatic amines is 1. The number of hydrogen-bond donors (Lipinski definition) is 1. The summed E-state index contributed by atoms with van der Waals surface area (Å²) in [6.45, 7) is 0.483. The molecule has 1 fully saturated rings. The van der Waals surface area contributed by atoms with Gasteiger partial charge in [0.2, 0.25) is 0 Å². The zero-order chi connectivity index (χ0) is 16.3. The molecule has 0 radical (unpaired) electrons. The summed E-state index contributed by atoms with van der Waals surface area (Å²) in [6, 6.07) is 7.81. The molecule has 1 N–H and O–H groups in total. The summed E-state index contributed by atoms with van der Waals surface area (Å²) in [4.78, 5) is 17.8. The van der Waals surface area contributed by atoms with Crippen LogP contribution in [0.4, 0.5) is 0 Å². The normalized spacial score (nSPS) is 17.5. The molecule has 0 amide bonds. The number of ether oxygens (including phenoxy) is 1. The van der Waals surface area contributed by atoms with Crippen molar-refractivity contribution in [2.75, 3.05) is 20.7 Å². The first-order valence-electron chi connectivity index (χ1n) is 8.53. The summed E-state index contributed by atoms with van der Waals surface area (Å²) in [5.74, 6) is -0.229. The minimum Gasteiger partial charge on any atom is -0.462 e. The number of carbonyl (C=O) groups excluding carboxylic acids is 1. The first-order chi connectivity index (χ1) is 11.1. The van der Waals surface area contributed by atoms with Gasteiger partial charge in [0.15, 0.2) is 0 Å². The van der Waals surface area contributed by atoms with Crippen molar-refractivity contribution in [2.45, 2.75) is 44.1 Å². The molecule has 3 rings (SSSR count). The lowest BCUT2D eigenvalue weighted by molar-refractivity contribution is 0.0312. The standard InChI is InChI=1S/C19H26N2O2/c1-21(2)19(10-6-3-7-11-19)12-13-23-18(22)16-14-20-17-9-5-4-8-15(16)17/h4-5,8-9,14,20H,3,6-7,10-13H2,1-2H3. The fourth-order valence-corrected chi connectivity index (χ4v) is 3.78.